The minimum atomic E-state index is -3.53. The van der Waals surface area contributed by atoms with Crippen molar-refractivity contribution in [1.82, 2.24) is 23.6 Å². The Labute approximate surface area is 171 Å². The van der Waals surface area contributed by atoms with Gasteiger partial charge in [0.2, 0.25) is 5.91 Å². The summed E-state index contributed by atoms with van der Waals surface area (Å²) in [5, 5.41) is -0.669. The van der Waals surface area contributed by atoms with Crippen molar-refractivity contribution in [2.24, 2.45) is 14.1 Å². The van der Waals surface area contributed by atoms with E-state index in [0.29, 0.717) is 13.0 Å². The van der Waals surface area contributed by atoms with Crippen LogP contribution in [0.5, 0.6) is 0 Å². The lowest BCUT2D eigenvalue weighted by atomic mass is 10.4. The van der Waals surface area contributed by atoms with Gasteiger partial charge in [0.25, 0.3) is 5.56 Å². The summed E-state index contributed by atoms with van der Waals surface area (Å²) in [6.45, 7) is 0.250. The van der Waals surface area contributed by atoms with E-state index in [1.807, 2.05) is 0 Å². The maximum absolute atomic E-state index is 12.8. The molecule has 1 aliphatic heterocycles. The first-order chi connectivity index (χ1) is 14.2. The maximum atomic E-state index is 12.8. The number of rotatable bonds is 4. The molecule has 10 nitrogen and oxygen atoms in total. The monoisotopic (exact) mass is 431 g/mol. The number of nitrogens with zero attached hydrogens (tertiary/aromatic N) is 5. The standard InChI is InChI=1S/C19H21N5O5S/c1-21-17-16(18(26)22(2)19(21)27)24(12-20-17)11-15(25)23-9-8-14(10-23)30(28,29)13-6-4-3-5-7-13/h3-7,12,14H,8-11H2,1-2H3/t14-/m1/s1. The summed E-state index contributed by atoms with van der Waals surface area (Å²) >= 11 is 0. The van der Waals surface area contributed by atoms with E-state index >= 15 is 0 Å². The van der Waals surface area contributed by atoms with Gasteiger partial charge in [-0.3, -0.25) is 18.7 Å². The highest BCUT2D eigenvalue weighted by Crippen LogP contribution is 2.24. The smallest absolute Gasteiger partial charge is 0.332 e. The zero-order valence-corrected chi connectivity index (χ0v) is 17.4. The minimum absolute atomic E-state index is 0.0964. The molecule has 1 atom stereocenters. The number of hydrogen-bond acceptors (Lipinski definition) is 6. The van der Waals surface area contributed by atoms with E-state index in [2.05, 4.69) is 4.98 Å². The van der Waals surface area contributed by atoms with Crippen LogP contribution in [-0.2, 0) is 35.3 Å². The number of amides is 1. The van der Waals surface area contributed by atoms with Crippen LogP contribution in [-0.4, -0.2) is 56.2 Å². The van der Waals surface area contributed by atoms with Gasteiger partial charge >= 0.3 is 5.69 Å². The minimum Gasteiger partial charge on any atom is -0.340 e. The van der Waals surface area contributed by atoms with Crippen LogP contribution < -0.4 is 11.2 Å². The lowest BCUT2D eigenvalue weighted by Crippen LogP contribution is -2.38. The third kappa shape index (κ3) is 3.15. The molecule has 1 fully saturated rings. The Hall–Kier alpha value is -3.21. The molecule has 11 heteroatoms. The molecule has 3 aromatic rings. The van der Waals surface area contributed by atoms with Crippen molar-refractivity contribution in [3.63, 3.8) is 0 Å². The van der Waals surface area contributed by atoms with Crippen molar-refractivity contribution < 1.29 is 13.2 Å². The van der Waals surface area contributed by atoms with Crippen molar-refractivity contribution in [2.45, 2.75) is 23.1 Å². The molecule has 1 aliphatic rings. The van der Waals surface area contributed by atoms with Gasteiger partial charge in [-0.1, -0.05) is 18.2 Å². The number of hydrogen-bond donors (Lipinski definition) is 0. The lowest BCUT2D eigenvalue weighted by Gasteiger charge is -2.17. The third-order valence-electron chi connectivity index (χ3n) is 5.53. The number of imidazole rings is 1. The van der Waals surface area contributed by atoms with Gasteiger partial charge in [-0.25, -0.2) is 18.2 Å². The van der Waals surface area contributed by atoms with E-state index in [4.69, 9.17) is 0 Å². The number of benzene rings is 1. The fraction of sp³-hybridized carbons (Fsp3) is 0.368. The molecule has 0 bridgehead atoms. The van der Waals surface area contributed by atoms with Crippen molar-refractivity contribution in [3.8, 4) is 0 Å². The van der Waals surface area contributed by atoms with Gasteiger partial charge in [0.15, 0.2) is 21.0 Å². The molecule has 3 heterocycles. The topological polar surface area (TPSA) is 116 Å². The Kier molecular flexibility index (Phi) is 4.85. The van der Waals surface area contributed by atoms with Crippen molar-refractivity contribution in [3.05, 3.63) is 57.5 Å². The van der Waals surface area contributed by atoms with Crippen LogP contribution >= 0.6 is 0 Å². The average molecular weight is 431 g/mol. The Morgan fingerprint density at radius 1 is 1.13 bits per heavy atom. The summed E-state index contributed by atoms with van der Waals surface area (Å²) in [6.07, 6.45) is 1.70. The molecule has 0 unspecified atom stereocenters. The molecule has 1 amide bonds. The van der Waals surface area contributed by atoms with Crippen LogP contribution in [0.4, 0.5) is 0 Å². The van der Waals surface area contributed by atoms with E-state index in [9.17, 15) is 22.8 Å². The van der Waals surface area contributed by atoms with Crippen molar-refractivity contribution in [1.29, 1.82) is 0 Å². The highest BCUT2D eigenvalue weighted by molar-refractivity contribution is 7.92. The Balaban J connectivity index is 1.56. The Morgan fingerprint density at radius 3 is 2.53 bits per heavy atom. The lowest BCUT2D eigenvalue weighted by molar-refractivity contribution is -0.130. The van der Waals surface area contributed by atoms with E-state index in [1.165, 1.54) is 34.5 Å². The Morgan fingerprint density at radius 2 is 1.83 bits per heavy atom. The summed E-state index contributed by atoms with van der Waals surface area (Å²) in [5.74, 6) is -0.309. The first kappa shape index (κ1) is 20.1. The number of fused-ring (bicyclic) bond motifs is 1. The number of likely N-dealkylation sites (tertiary alicyclic amines) is 1. The van der Waals surface area contributed by atoms with E-state index in [-0.39, 0.29) is 35.1 Å². The molecule has 1 aromatic carbocycles. The van der Waals surface area contributed by atoms with Crippen LogP contribution in [0.15, 0.2) is 51.1 Å². The molecule has 2 aromatic heterocycles. The van der Waals surface area contributed by atoms with Gasteiger partial charge in [-0.2, -0.15) is 0 Å². The van der Waals surface area contributed by atoms with Crippen LogP contribution in [0.25, 0.3) is 11.2 Å². The molecule has 30 heavy (non-hydrogen) atoms. The normalized spacial score (nSPS) is 17.0. The molecule has 0 spiro atoms. The summed E-state index contributed by atoms with van der Waals surface area (Å²) in [4.78, 5) is 43.2. The van der Waals surface area contributed by atoms with Gasteiger partial charge < -0.3 is 9.47 Å². The predicted octanol–water partition coefficient (Wildman–Crippen LogP) is -0.491. The Bertz CT molecular complexity index is 1350. The fourth-order valence-corrected chi connectivity index (χ4v) is 5.49. The molecule has 0 radical (unpaired) electrons. The molecule has 0 saturated carbocycles. The van der Waals surface area contributed by atoms with Crippen LogP contribution in [0.2, 0.25) is 0 Å². The van der Waals surface area contributed by atoms with Gasteiger partial charge in [0, 0.05) is 27.2 Å². The van der Waals surface area contributed by atoms with Gasteiger partial charge in [0.05, 0.1) is 16.5 Å². The predicted molar refractivity (Wildman–Crippen MR) is 109 cm³/mol. The summed E-state index contributed by atoms with van der Waals surface area (Å²) in [7, 11) is -0.662. The highest BCUT2D eigenvalue weighted by atomic mass is 32.2. The highest BCUT2D eigenvalue weighted by Gasteiger charge is 2.36. The van der Waals surface area contributed by atoms with E-state index < -0.39 is 26.3 Å². The van der Waals surface area contributed by atoms with E-state index in [1.54, 1.807) is 30.3 Å². The average Bonchev–Trinajstić information content (AvgIpc) is 3.39. The number of carbonyl (C=O) groups is 1. The van der Waals surface area contributed by atoms with Crippen LogP contribution in [0, 0.1) is 0 Å². The van der Waals surface area contributed by atoms with Gasteiger partial charge in [0.1, 0.15) is 6.54 Å². The second-order valence-electron chi connectivity index (χ2n) is 7.36. The zero-order valence-electron chi connectivity index (χ0n) is 16.6. The number of sulfone groups is 1. The quantitative estimate of drug-likeness (QED) is 0.550. The second kappa shape index (κ2) is 7.24. The first-order valence-electron chi connectivity index (χ1n) is 9.39. The zero-order chi connectivity index (χ0) is 21.6. The molecular formula is C19H21N5O5S. The van der Waals surface area contributed by atoms with Crippen LogP contribution in [0.3, 0.4) is 0 Å². The van der Waals surface area contributed by atoms with Gasteiger partial charge in [-0.05, 0) is 18.6 Å². The van der Waals surface area contributed by atoms with E-state index in [0.717, 1.165) is 4.57 Å². The molecule has 1 saturated heterocycles. The third-order valence-corrected chi connectivity index (χ3v) is 7.72. The fourth-order valence-electron chi connectivity index (χ4n) is 3.77. The van der Waals surface area contributed by atoms with Gasteiger partial charge in [-0.15, -0.1) is 0 Å². The number of aryl methyl sites for hydroxylation is 1. The van der Waals surface area contributed by atoms with Crippen LogP contribution in [0.1, 0.15) is 6.42 Å². The second-order valence-corrected chi connectivity index (χ2v) is 9.59. The van der Waals surface area contributed by atoms with Crippen molar-refractivity contribution >= 4 is 26.9 Å². The molecular weight excluding hydrogens is 410 g/mol. The summed E-state index contributed by atoms with van der Waals surface area (Å²) in [6, 6.07) is 8.19. The maximum Gasteiger partial charge on any atom is 0.332 e. The molecule has 4 rings (SSSR count). The SMILES string of the molecule is Cn1c(=O)c2c(ncn2CC(=O)N2CC[C@@H](S(=O)(=O)c3ccccc3)C2)n(C)c1=O. The molecule has 158 valence electrons. The summed E-state index contributed by atoms with van der Waals surface area (Å²) in [5.41, 5.74) is -0.690. The largest absolute Gasteiger partial charge is 0.340 e. The molecule has 0 aliphatic carbocycles. The first-order valence-corrected chi connectivity index (χ1v) is 10.9. The summed E-state index contributed by atoms with van der Waals surface area (Å²) < 4.78 is 29.2. The number of aromatic nitrogens is 4. The van der Waals surface area contributed by atoms with Crippen molar-refractivity contribution in [2.75, 3.05) is 13.1 Å². The molecule has 0 N–H and O–H groups in total. The number of carbonyl (C=O) groups excluding carboxylic acids is 1.